The van der Waals surface area contributed by atoms with E-state index < -0.39 is 0 Å². The molecule has 1 saturated carbocycles. The molecule has 1 aromatic heterocycles. The highest BCUT2D eigenvalue weighted by atomic mass is 16.5. The van der Waals surface area contributed by atoms with Crippen molar-refractivity contribution in [3.63, 3.8) is 0 Å². The Morgan fingerprint density at radius 3 is 2.97 bits per heavy atom. The summed E-state index contributed by atoms with van der Waals surface area (Å²) in [5.74, 6) is 0.515. The van der Waals surface area contributed by atoms with E-state index >= 15 is 0 Å². The van der Waals surface area contributed by atoms with Crippen LogP contribution in [0.15, 0.2) is 66.0 Å². The summed E-state index contributed by atoms with van der Waals surface area (Å²) in [6.07, 6.45) is 19.6. The Kier molecular flexibility index (Phi) is 3.87. The molecule has 7 rings (SSSR count). The molecule has 164 valence electrons. The van der Waals surface area contributed by atoms with E-state index in [9.17, 15) is 0 Å². The summed E-state index contributed by atoms with van der Waals surface area (Å²) in [6.45, 7) is 2.50. The van der Waals surface area contributed by atoms with Crippen LogP contribution in [0.3, 0.4) is 0 Å². The predicted molar refractivity (Wildman–Crippen MR) is 129 cm³/mol. The third-order valence-electron chi connectivity index (χ3n) is 9.63. The van der Waals surface area contributed by atoms with Gasteiger partial charge in [0.05, 0.1) is 11.2 Å². The summed E-state index contributed by atoms with van der Waals surface area (Å²) in [5, 5.41) is 6.03. The minimum absolute atomic E-state index is 0.0289. The van der Waals surface area contributed by atoms with Gasteiger partial charge in [0.1, 0.15) is 0 Å². The third-order valence-corrected chi connectivity index (χ3v) is 9.63. The Hall–Kier alpha value is -2.23. The summed E-state index contributed by atoms with van der Waals surface area (Å²) in [7, 11) is 2.11. The highest BCUT2D eigenvalue weighted by molar-refractivity contribution is 5.87. The van der Waals surface area contributed by atoms with Crippen molar-refractivity contribution in [2.45, 2.75) is 69.1 Å². The minimum atomic E-state index is -0.108. The first kappa shape index (κ1) is 19.3. The maximum Gasteiger partial charge on any atom is 0.0980 e. The zero-order valence-corrected chi connectivity index (χ0v) is 19.2. The Labute approximate surface area is 190 Å². The largest absolute Gasteiger partial charge is 0.359 e. The monoisotopic (exact) mass is 424 g/mol. The molecule has 5 aliphatic rings. The van der Waals surface area contributed by atoms with Gasteiger partial charge in [0.25, 0.3) is 0 Å². The van der Waals surface area contributed by atoms with Crippen LogP contribution in [0.1, 0.15) is 57.4 Å². The first-order valence-electron chi connectivity index (χ1n) is 12.4. The maximum absolute atomic E-state index is 7.33. The SMILES string of the molecule is CN[C@@H]1CCC2=CC3=CC[C@]4(C)C(c5ccc6ccncc6c5)=CC[C@H]4[C@@]34CC[C@]2(C1)O4. The lowest BCUT2D eigenvalue weighted by Gasteiger charge is -2.54. The van der Waals surface area contributed by atoms with Crippen LogP contribution in [-0.2, 0) is 4.74 Å². The van der Waals surface area contributed by atoms with Gasteiger partial charge in [-0.15, -0.1) is 0 Å². The van der Waals surface area contributed by atoms with Crippen molar-refractivity contribution >= 4 is 16.3 Å². The molecule has 2 aromatic rings. The maximum atomic E-state index is 7.33. The van der Waals surface area contributed by atoms with E-state index in [1.165, 1.54) is 46.7 Å². The molecule has 5 atom stereocenters. The van der Waals surface area contributed by atoms with Gasteiger partial charge in [-0.1, -0.05) is 37.3 Å². The summed E-state index contributed by atoms with van der Waals surface area (Å²) in [4.78, 5) is 4.35. The molecule has 3 nitrogen and oxygen atoms in total. The van der Waals surface area contributed by atoms with E-state index in [-0.39, 0.29) is 16.6 Å². The van der Waals surface area contributed by atoms with Crippen LogP contribution in [0.4, 0.5) is 0 Å². The molecule has 1 aromatic carbocycles. The first-order valence-corrected chi connectivity index (χ1v) is 12.4. The molecule has 32 heavy (non-hydrogen) atoms. The van der Waals surface area contributed by atoms with Gasteiger partial charge in [0.15, 0.2) is 0 Å². The molecular formula is C29H32N2O. The number of rotatable bonds is 2. The van der Waals surface area contributed by atoms with Gasteiger partial charge >= 0.3 is 0 Å². The van der Waals surface area contributed by atoms with Crippen molar-refractivity contribution in [1.82, 2.24) is 10.3 Å². The van der Waals surface area contributed by atoms with E-state index in [1.54, 1.807) is 5.57 Å². The molecule has 3 heteroatoms. The van der Waals surface area contributed by atoms with Gasteiger partial charge in [-0.2, -0.15) is 0 Å². The number of nitrogens with zero attached hydrogens (tertiary/aromatic N) is 1. The Balaban J connectivity index is 1.30. The summed E-state index contributed by atoms with van der Waals surface area (Å²) >= 11 is 0. The summed E-state index contributed by atoms with van der Waals surface area (Å²) in [5.41, 5.74) is 5.91. The van der Waals surface area contributed by atoms with Crippen molar-refractivity contribution in [3.05, 3.63) is 71.6 Å². The normalized spacial score (nSPS) is 39.6. The average molecular weight is 425 g/mol. The van der Waals surface area contributed by atoms with Gasteiger partial charge in [-0.05, 0) is 91.8 Å². The minimum Gasteiger partial charge on any atom is -0.359 e. The van der Waals surface area contributed by atoms with E-state index in [0.29, 0.717) is 12.0 Å². The summed E-state index contributed by atoms with van der Waals surface area (Å²) in [6, 6.07) is 9.58. The molecule has 2 bridgehead atoms. The Morgan fingerprint density at radius 1 is 1.12 bits per heavy atom. The Bertz CT molecular complexity index is 1220. The highest BCUT2D eigenvalue weighted by Gasteiger charge is 2.65. The molecule has 2 aliphatic heterocycles. The number of hydrogen-bond donors (Lipinski definition) is 1. The van der Waals surface area contributed by atoms with Gasteiger partial charge in [-0.25, -0.2) is 0 Å². The fourth-order valence-corrected chi connectivity index (χ4v) is 7.93. The number of aromatic nitrogens is 1. The first-order chi connectivity index (χ1) is 15.6. The third kappa shape index (κ3) is 2.36. The molecule has 1 saturated heterocycles. The Morgan fingerprint density at radius 2 is 2.06 bits per heavy atom. The standard InChI is InChI=1S/C29H32N2O/c1-27-11-9-23-16-22-5-6-24(30-2)17-28(22)12-13-29(23,32-28)26(27)8-7-25(27)20-4-3-19-10-14-31-18-21(19)15-20/h3-4,7,9-10,14-16,18,24,26,30H,5-6,8,11-13,17H2,1-2H3/t24-,26-,27-,28-,29-/m1/s1. The van der Waals surface area contributed by atoms with Crippen molar-refractivity contribution in [1.29, 1.82) is 0 Å². The zero-order valence-electron chi connectivity index (χ0n) is 19.2. The average Bonchev–Trinajstić information content (AvgIpc) is 3.33. The van der Waals surface area contributed by atoms with Crippen LogP contribution < -0.4 is 5.32 Å². The smallest absolute Gasteiger partial charge is 0.0980 e. The van der Waals surface area contributed by atoms with Crippen LogP contribution in [-0.4, -0.2) is 29.3 Å². The van der Waals surface area contributed by atoms with Gasteiger partial charge in [-0.3, -0.25) is 4.98 Å². The van der Waals surface area contributed by atoms with Gasteiger partial charge in [0, 0.05) is 35.2 Å². The number of hydrogen-bond acceptors (Lipinski definition) is 3. The van der Waals surface area contributed by atoms with Crippen LogP contribution >= 0.6 is 0 Å². The number of allylic oxidation sites excluding steroid dienone is 3. The zero-order chi connectivity index (χ0) is 21.6. The number of pyridine rings is 1. The van der Waals surface area contributed by atoms with Crippen molar-refractivity contribution in [3.8, 4) is 0 Å². The number of ether oxygens (including phenoxy) is 1. The molecule has 0 radical (unpaired) electrons. The molecule has 2 spiro atoms. The molecular weight excluding hydrogens is 392 g/mol. The lowest BCUT2D eigenvalue weighted by molar-refractivity contribution is -0.130. The molecule has 0 amide bonds. The molecule has 2 fully saturated rings. The van der Waals surface area contributed by atoms with Crippen molar-refractivity contribution < 1.29 is 4.74 Å². The van der Waals surface area contributed by atoms with Crippen molar-refractivity contribution in [2.24, 2.45) is 11.3 Å². The molecule has 3 heterocycles. The van der Waals surface area contributed by atoms with Gasteiger partial charge in [0.2, 0.25) is 0 Å². The quantitative estimate of drug-likeness (QED) is 0.644. The second-order valence-corrected chi connectivity index (χ2v) is 11.0. The molecule has 3 aliphatic carbocycles. The number of fused-ring (bicyclic) bond motifs is 2. The fourth-order valence-electron chi connectivity index (χ4n) is 7.93. The molecule has 0 unspecified atom stereocenters. The second-order valence-electron chi connectivity index (χ2n) is 11.0. The molecule has 1 N–H and O–H groups in total. The van der Waals surface area contributed by atoms with E-state index in [1.807, 2.05) is 12.4 Å². The highest BCUT2D eigenvalue weighted by Crippen LogP contribution is 2.67. The van der Waals surface area contributed by atoms with Crippen LogP contribution in [0, 0.1) is 11.3 Å². The van der Waals surface area contributed by atoms with E-state index in [2.05, 4.69) is 66.8 Å². The topological polar surface area (TPSA) is 34.2 Å². The number of nitrogens with one attached hydrogen (secondary N) is 1. The predicted octanol–water partition coefficient (Wildman–Crippen LogP) is 5.97. The van der Waals surface area contributed by atoms with Crippen LogP contribution in [0.5, 0.6) is 0 Å². The van der Waals surface area contributed by atoms with Gasteiger partial charge < -0.3 is 10.1 Å². The summed E-state index contributed by atoms with van der Waals surface area (Å²) < 4.78 is 7.33. The lowest BCUT2D eigenvalue weighted by atomic mass is 9.58. The van der Waals surface area contributed by atoms with E-state index in [4.69, 9.17) is 4.74 Å². The lowest BCUT2D eigenvalue weighted by Crippen LogP contribution is -2.54. The van der Waals surface area contributed by atoms with Crippen LogP contribution in [0.25, 0.3) is 16.3 Å². The number of benzene rings is 1. The second kappa shape index (κ2) is 6.42. The van der Waals surface area contributed by atoms with E-state index in [0.717, 1.165) is 25.7 Å². The van der Waals surface area contributed by atoms with Crippen molar-refractivity contribution in [2.75, 3.05) is 7.05 Å². The fraction of sp³-hybridized carbons (Fsp3) is 0.483. The van der Waals surface area contributed by atoms with Crippen LogP contribution in [0.2, 0.25) is 0 Å².